The highest BCUT2D eigenvalue weighted by Gasteiger charge is 2.13. The van der Waals surface area contributed by atoms with E-state index >= 15 is 0 Å². The number of aliphatic hydroxyl groups excluding tert-OH is 2. The van der Waals surface area contributed by atoms with E-state index in [0.29, 0.717) is 10.5 Å². The molecule has 0 rings (SSSR count). The Bertz CT molecular complexity index is 117. The van der Waals surface area contributed by atoms with Gasteiger partial charge in [-0.2, -0.15) is 0 Å². The molecule has 0 spiro atoms. The van der Waals surface area contributed by atoms with Gasteiger partial charge in [-0.1, -0.05) is 48.3 Å². The fourth-order valence-corrected chi connectivity index (χ4v) is 5.05. The van der Waals surface area contributed by atoms with Gasteiger partial charge in [0, 0.05) is 23.7 Å². The van der Waals surface area contributed by atoms with Crippen molar-refractivity contribution in [2.45, 2.75) is 62.9 Å². The maximum absolute atomic E-state index is 8.97. The monoisotopic (exact) mass is 266 g/mol. The van der Waals surface area contributed by atoms with Gasteiger partial charge in [0.25, 0.3) is 0 Å². The minimum absolute atomic E-state index is 0.288. The predicted molar refractivity (Wildman–Crippen MR) is 76.0 cm³/mol. The first kappa shape index (κ1) is 16.6. The molecule has 0 aromatic carbocycles. The van der Waals surface area contributed by atoms with E-state index in [9.17, 15) is 0 Å². The van der Waals surface area contributed by atoms with Gasteiger partial charge in [-0.15, -0.1) is 0 Å². The molecule has 0 aliphatic heterocycles. The summed E-state index contributed by atoms with van der Waals surface area (Å²) >= 11 is 0. The smallest absolute Gasteiger partial charge is 0.0441 e. The van der Waals surface area contributed by atoms with Crippen LogP contribution < -0.4 is 0 Å². The van der Waals surface area contributed by atoms with Crippen molar-refractivity contribution in [1.29, 1.82) is 0 Å². The van der Waals surface area contributed by atoms with E-state index < -0.39 is 0 Å². The van der Waals surface area contributed by atoms with Gasteiger partial charge < -0.3 is 10.2 Å². The van der Waals surface area contributed by atoms with Gasteiger partial charge in [-0.3, -0.25) is 0 Å². The number of hydrogen-bond donors (Lipinski definition) is 2. The highest BCUT2D eigenvalue weighted by Crippen LogP contribution is 2.37. The molecule has 2 nitrogen and oxygen atoms in total. The second kappa shape index (κ2) is 12.1. The molecule has 98 valence electrons. The van der Waals surface area contributed by atoms with Crippen LogP contribution in [0.3, 0.4) is 0 Å². The average Bonchev–Trinajstić information content (AvgIpc) is 2.27. The highest BCUT2D eigenvalue weighted by atomic mass is 33.1. The van der Waals surface area contributed by atoms with Crippen LogP contribution in [0.5, 0.6) is 0 Å². The summed E-state index contributed by atoms with van der Waals surface area (Å²) in [6, 6.07) is 0. The lowest BCUT2D eigenvalue weighted by molar-refractivity contribution is 0.284. The van der Waals surface area contributed by atoms with Crippen LogP contribution in [0.15, 0.2) is 0 Å². The largest absolute Gasteiger partial charge is 0.396 e. The Morgan fingerprint density at radius 2 is 1.12 bits per heavy atom. The standard InChI is InChI=1S/C12H26O2S2/c1-3-5-11(7-9-13)15-16-12(6-4-2)8-10-14/h11-14H,3-10H2,1-2H3/t11-,12-/m0/s1. The molecule has 0 aromatic rings. The number of aliphatic hydroxyl groups is 2. The minimum Gasteiger partial charge on any atom is -0.396 e. The summed E-state index contributed by atoms with van der Waals surface area (Å²) in [5.41, 5.74) is 0. The third-order valence-electron chi connectivity index (χ3n) is 2.45. The molecule has 0 radical (unpaired) electrons. The summed E-state index contributed by atoms with van der Waals surface area (Å²) in [5, 5.41) is 19.1. The van der Waals surface area contributed by atoms with E-state index in [-0.39, 0.29) is 13.2 Å². The van der Waals surface area contributed by atoms with E-state index in [1.807, 2.05) is 21.6 Å². The summed E-state index contributed by atoms with van der Waals surface area (Å²) in [7, 11) is 3.81. The molecule has 0 unspecified atom stereocenters. The van der Waals surface area contributed by atoms with Gasteiger partial charge in [0.2, 0.25) is 0 Å². The normalized spacial score (nSPS) is 15.0. The molecule has 0 amide bonds. The highest BCUT2D eigenvalue weighted by molar-refractivity contribution is 8.77. The van der Waals surface area contributed by atoms with Crippen molar-refractivity contribution in [3.8, 4) is 0 Å². The summed E-state index contributed by atoms with van der Waals surface area (Å²) in [5.74, 6) is 0. The molecule has 0 bridgehead atoms. The molecule has 0 saturated heterocycles. The molecule has 16 heavy (non-hydrogen) atoms. The number of rotatable bonds is 11. The molecule has 0 aromatic heterocycles. The quantitative estimate of drug-likeness (QED) is 0.562. The summed E-state index contributed by atoms with van der Waals surface area (Å²) in [6.45, 7) is 4.95. The first-order valence-electron chi connectivity index (χ1n) is 6.32. The van der Waals surface area contributed by atoms with E-state index in [0.717, 1.165) is 12.8 Å². The third kappa shape index (κ3) is 8.74. The number of hydrogen-bond acceptors (Lipinski definition) is 4. The van der Waals surface area contributed by atoms with Crippen molar-refractivity contribution in [1.82, 2.24) is 0 Å². The third-order valence-corrected chi connectivity index (χ3v) is 6.02. The Morgan fingerprint density at radius 1 is 0.750 bits per heavy atom. The van der Waals surface area contributed by atoms with Crippen molar-refractivity contribution < 1.29 is 10.2 Å². The average molecular weight is 266 g/mol. The van der Waals surface area contributed by atoms with Crippen LogP contribution in [-0.4, -0.2) is 33.9 Å². The van der Waals surface area contributed by atoms with Crippen LogP contribution in [0.25, 0.3) is 0 Å². The van der Waals surface area contributed by atoms with Crippen LogP contribution >= 0.6 is 21.6 Å². The topological polar surface area (TPSA) is 40.5 Å². The second-order valence-electron chi connectivity index (χ2n) is 4.04. The summed E-state index contributed by atoms with van der Waals surface area (Å²) in [4.78, 5) is 0. The van der Waals surface area contributed by atoms with E-state index in [2.05, 4.69) is 13.8 Å². The Morgan fingerprint density at radius 3 is 1.38 bits per heavy atom. The first-order valence-corrected chi connectivity index (χ1v) is 8.59. The zero-order chi connectivity index (χ0) is 12.2. The van der Waals surface area contributed by atoms with Crippen molar-refractivity contribution in [3.63, 3.8) is 0 Å². The Kier molecular flexibility index (Phi) is 12.6. The molecule has 0 aliphatic rings. The van der Waals surface area contributed by atoms with Crippen molar-refractivity contribution in [2.24, 2.45) is 0 Å². The fourth-order valence-electron chi connectivity index (χ4n) is 1.57. The SMILES string of the molecule is CCC[C@@H](CCO)SS[C@@H](CCC)CCO. The Labute approximate surface area is 108 Å². The van der Waals surface area contributed by atoms with Gasteiger partial charge in [-0.25, -0.2) is 0 Å². The second-order valence-corrected chi connectivity index (χ2v) is 6.91. The summed E-state index contributed by atoms with van der Waals surface area (Å²) < 4.78 is 0. The predicted octanol–water partition coefficient (Wildman–Crippen LogP) is 3.47. The zero-order valence-corrected chi connectivity index (χ0v) is 12.2. The molecule has 0 aliphatic carbocycles. The van der Waals surface area contributed by atoms with E-state index in [1.54, 1.807) is 0 Å². The molecular formula is C12H26O2S2. The summed E-state index contributed by atoms with van der Waals surface area (Å²) in [6.07, 6.45) is 6.49. The molecule has 2 atom stereocenters. The van der Waals surface area contributed by atoms with Crippen LogP contribution in [0.1, 0.15) is 52.4 Å². The van der Waals surface area contributed by atoms with Crippen LogP contribution in [-0.2, 0) is 0 Å². The van der Waals surface area contributed by atoms with Gasteiger partial charge >= 0.3 is 0 Å². The Balaban J connectivity index is 3.83. The van der Waals surface area contributed by atoms with Crippen LogP contribution in [0, 0.1) is 0 Å². The lowest BCUT2D eigenvalue weighted by Crippen LogP contribution is -2.07. The van der Waals surface area contributed by atoms with Gasteiger partial charge in [0.15, 0.2) is 0 Å². The molecule has 4 heteroatoms. The molecule has 0 heterocycles. The first-order chi connectivity index (χ1) is 7.78. The lowest BCUT2D eigenvalue weighted by atomic mass is 10.2. The maximum atomic E-state index is 8.97. The maximum Gasteiger partial charge on any atom is 0.0441 e. The van der Waals surface area contributed by atoms with Gasteiger partial charge in [0.05, 0.1) is 0 Å². The fraction of sp³-hybridized carbons (Fsp3) is 1.00. The van der Waals surface area contributed by atoms with Crippen molar-refractivity contribution in [3.05, 3.63) is 0 Å². The van der Waals surface area contributed by atoms with E-state index in [4.69, 9.17) is 10.2 Å². The van der Waals surface area contributed by atoms with E-state index in [1.165, 1.54) is 25.7 Å². The van der Waals surface area contributed by atoms with Crippen molar-refractivity contribution in [2.75, 3.05) is 13.2 Å². The lowest BCUT2D eigenvalue weighted by Gasteiger charge is -2.18. The molecule has 2 N–H and O–H groups in total. The van der Waals surface area contributed by atoms with Crippen LogP contribution in [0.2, 0.25) is 0 Å². The molecular weight excluding hydrogens is 240 g/mol. The van der Waals surface area contributed by atoms with Crippen molar-refractivity contribution >= 4 is 21.6 Å². The van der Waals surface area contributed by atoms with Crippen LogP contribution in [0.4, 0.5) is 0 Å². The van der Waals surface area contributed by atoms with Gasteiger partial charge in [0.1, 0.15) is 0 Å². The molecule has 0 fully saturated rings. The zero-order valence-electron chi connectivity index (χ0n) is 10.5. The molecule has 0 saturated carbocycles. The Hall–Kier alpha value is 0.620. The van der Waals surface area contributed by atoms with Gasteiger partial charge in [-0.05, 0) is 25.7 Å². The minimum atomic E-state index is 0.288.